The van der Waals surface area contributed by atoms with Crippen LogP contribution >= 0.6 is 0 Å². The quantitative estimate of drug-likeness (QED) is 0.826. The van der Waals surface area contributed by atoms with E-state index in [-0.39, 0.29) is 5.92 Å². The van der Waals surface area contributed by atoms with E-state index >= 15 is 0 Å². The van der Waals surface area contributed by atoms with Gasteiger partial charge in [-0.25, -0.2) is 0 Å². The van der Waals surface area contributed by atoms with Crippen LogP contribution in [-0.4, -0.2) is 32.8 Å². The molecule has 1 aromatic heterocycles. The molecule has 0 aliphatic carbocycles. The van der Waals surface area contributed by atoms with Crippen molar-refractivity contribution in [3.63, 3.8) is 0 Å². The molecule has 1 atom stereocenters. The van der Waals surface area contributed by atoms with E-state index in [0.717, 1.165) is 5.69 Å². The Morgan fingerprint density at radius 2 is 2.06 bits per heavy atom. The summed E-state index contributed by atoms with van der Waals surface area (Å²) in [5, 5.41) is 15.5. The number of aryl methyl sites for hydroxylation is 1. The van der Waals surface area contributed by atoms with Gasteiger partial charge in [-0.1, -0.05) is 13.8 Å². The predicted octanol–water partition coefficient (Wildman–Crippen LogP) is 1.23. The molecule has 0 saturated carbocycles. The molecular formula is C12H19N3O3. The summed E-state index contributed by atoms with van der Waals surface area (Å²) in [6, 6.07) is 0.790. The van der Waals surface area contributed by atoms with Crippen molar-refractivity contribution in [3.05, 3.63) is 17.5 Å². The number of carboxylic acid groups (broad SMARTS) is 1. The van der Waals surface area contributed by atoms with Crippen LogP contribution in [-0.2, 0) is 11.3 Å². The van der Waals surface area contributed by atoms with Crippen LogP contribution in [0.5, 0.6) is 0 Å². The lowest BCUT2D eigenvalue weighted by atomic mass is 10.1. The standard InChI is InChI=1S/C12H19N3O3/c1-5-15-10(6-9(14-15)7(2)3)11(16)13-8(4)12(17)18/h6-8H,5H2,1-4H3,(H,13,16)(H,17,18)/t8-/m1/s1. The number of rotatable bonds is 5. The number of aliphatic carboxylic acids is 1. The first kappa shape index (κ1) is 14.2. The second-order valence-corrected chi connectivity index (χ2v) is 4.46. The van der Waals surface area contributed by atoms with Crippen LogP contribution in [0.25, 0.3) is 0 Å². The van der Waals surface area contributed by atoms with Crippen LogP contribution < -0.4 is 5.32 Å². The lowest BCUT2D eigenvalue weighted by Crippen LogP contribution is -2.39. The van der Waals surface area contributed by atoms with Crippen molar-refractivity contribution in [2.75, 3.05) is 0 Å². The summed E-state index contributed by atoms with van der Waals surface area (Å²) in [4.78, 5) is 22.6. The number of hydrogen-bond donors (Lipinski definition) is 2. The minimum Gasteiger partial charge on any atom is -0.480 e. The van der Waals surface area contributed by atoms with Crippen LogP contribution in [0.4, 0.5) is 0 Å². The van der Waals surface area contributed by atoms with Crippen LogP contribution in [0.1, 0.15) is 49.8 Å². The summed E-state index contributed by atoms with van der Waals surface area (Å²) in [5.41, 5.74) is 1.22. The lowest BCUT2D eigenvalue weighted by Gasteiger charge is -2.09. The van der Waals surface area contributed by atoms with Gasteiger partial charge in [-0.3, -0.25) is 14.3 Å². The number of hydrogen-bond acceptors (Lipinski definition) is 3. The summed E-state index contributed by atoms with van der Waals surface area (Å²) in [7, 11) is 0. The Hall–Kier alpha value is -1.85. The fraction of sp³-hybridized carbons (Fsp3) is 0.583. The molecule has 1 amide bonds. The molecule has 0 bridgehead atoms. The number of aromatic nitrogens is 2. The van der Waals surface area contributed by atoms with E-state index in [1.807, 2.05) is 20.8 Å². The second kappa shape index (κ2) is 5.66. The Morgan fingerprint density at radius 3 is 2.50 bits per heavy atom. The van der Waals surface area contributed by atoms with Gasteiger partial charge >= 0.3 is 5.97 Å². The first-order valence-electron chi connectivity index (χ1n) is 5.98. The number of carbonyl (C=O) groups is 2. The summed E-state index contributed by atoms with van der Waals surface area (Å²) >= 11 is 0. The van der Waals surface area contributed by atoms with Crippen molar-refractivity contribution in [2.24, 2.45) is 0 Å². The maximum Gasteiger partial charge on any atom is 0.325 e. The van der Waals surface area contributed by atoms with Gasteiger partial charge in [-0.05, 0) is 25.8 Å². The summed E-state index contributed by atoms with van der Waals surface area (Å²) < 4.78 is 1.58. The minimum atomic E-state index is -1.06. The maximum absolute atomic E-state index is 11.9. The third-order valence-electron chi connectivity index (χ3n) is 2.64. The SMILES string of the molecule is CCn1nc(C(C)C)cc1C(=O)N[C@H](C)C(=O)O. The number of carbonyl (C=O) groups excluding carboxylic acids is 1. The average Bonchev–Trinajstić information content (AvgIpc) is 2.72. The van der Waals surface area contributed by atoms with E-state index in [1.165, 1.54) is 6.92 Å². The average molecular weight is 253 g/mol. The largest absolute Gasteiger partial charge is 0.480 e. The van der Waals surface area contributed by atoms with E-state index in [4.69, 9.17) is 5.11 Å². The van der Waals surface area contributed by atoms with Crippen molar-refractivity contribution in [2.45, 2.75) is 46.2 Å². The Labute approximate surface area is 106 Å². The fourth-order valence-electron chi connectivity index (χ4n) is 1.47. The molecule has 0 aromatic carbocycles. The smallest absolute Gasteiger partial charge is 0.325 e. The van der Waals surface area contributed by atoms with Crippen molar-refractivity contribution >= 4 is 11.9 Å². The zero-order chi connectivity index (χ0) is 13.9. The first-order chi connectivity index (χ1) is 8.36. The molecule has 0 unspecified atom stereocenters. The molecular weight excluding hydrogens is 234 g/mol. The summed E-state index contributed by atoms with van der Waals surface area (Å²) in [6.07, 6.45) is 0. The summed E-state index contributed by atoms with van der Waals surface area (Å²) in [5.74, 6) is -1.25. The van der Waals surface area contributed by atoms with E-state index in [0.29, 0.717) is 12.2 Å². The zero-order valence-electron chi connectivity index (χ0n) is 11.1. The molecule has 0 fully saturated rings. The molecule has 6 heteroatoms. The molecule has 0 radical (unpaired) electrons. The van der Waals surface area contributed by atoms with E-state index in [1.54, 1.807) is 10.7 Å². The van der Waals surface area contributed by atoms with Crippen LogP contribution in [0.3, 0.4) is 0 Å². The molecule has 100 valence electrons. The molecule has 0 aliphatic rings. The maximum atomic E-state index is 11.9. The Morgan fingerprint density at radius 1 is 1.44 bits per heavy atom. The number of carboxylic acids is 1. The second-order valence-electron chi connectivity index (χ2n) is 4.46. The molecule has 0 spiro atoms. The highest BCUT2D eigenvalue weighted by atomic mass is 16.4. The highest BCUT2D eigenvalue weighted by Gasteiger charge is 2.20. The van der Waals surface area contributed by atoms with E-state index in [9.17, 15) is 9.59 Å². The molecule has 2 N–H and O–H groups in total. The van der Waals surface area contributed by atoms with Crippen LogP contribution in [0, 0.1) is 0 Å². The lowest BCUT2D eigenvalue weighted by molar-refractivity contribution is -0.138. The molecule has 0 aliphatic heterocycles. The molecule has 18 heavy (non-hydrogen) atoms. The van der Waals surface area contributed by atoms with Gasteiger partial charge < -0.3 is 10.4 Å². The zero-order valence-corrected chi connectivity index (χ0v) is 11.1. The Kier molecular flexibility index (Phi) is 4.47. The topological polar surface area (TPSA) is 84.2 Å². The molecule has 1 aromatic rings. The third kappa shape index (κ3) is 3.09. The summed E-state index contributed by atoms with van der Waals surface area (Å²) in [6.45, 7) is 7.86. The van der Waals surface area contributed by atoms with Gasteiger partial charge in [0.25, 0.3) is 5.91 Å². The third-order valence-corrected chi connectivity index (χ3v) is 2.64. The van der Waals surface area contributed by atoms with Crippen molar-refractivity contribution in [3.8, 4) is 0 Å². The Bertz CT molecular complexity index is 451. The highest BCUT2D eigenvalue weighted by Crippen LogP contribution is 2.14. The molecule has 0 saturated heterocycles. The van der Waals surface area contributed by atoms with Gasteiger partial charge in [0, 0.05) is 6.54 Å². The number of nitrogens with one attached hydrogen (secondary N) is 1. The van der Waals surface area contributed by atoms with Gasteiger partial charge in [0.2, 0.25) is 0 Å². The predicted molar refractivity (Wildman–Crippen MR) is 66.6 cm³/mol. The monoisotopic (exact) mass is 253 g/mol. The number of amides is 1. The molecule has 1 rings (SSSR count). The van der Waals surface area contributed by atoms with Crippen molar-refractivity contribution in [1.29, 1.82) is 0 Å². The van der Waals surface area contributed by atoms with E-state index in [2.05, 4.69) is 10.4 Å². The van der Waals surface area contributed by atoms with Gasteiger partial charge in [-0.15, -0.1) is 0 Å². The van der Waals surface area contributed by atoms with Crippen LogP contribution in [0.15, 0.2) is 6.07 Å². The first-order valence-corrected chi connectivity index (χ1v) is 5.98. The molecule has 1 heterocycles. The van der Waals surface area contributed by atoms with Crippen molar-refractivity contribution in [1.82, 2.24) is 15.1 Å². The Balaban J connectivity index is 2.94. The number of nitrogens with zero attached hydrogens (tertiary/aromatic N) is 2. The van der Waals surface area contributed by atoms with Gasteiger partial charge in [0.15, 0.2) is 0 Å². The van der Waals surface area contributed by atoms with Gasteiger partial charge in [0.05, 0.1) is 5.69 Å². The van der Waals surface area contributed by atoms with Gasteiger partial charge in [0.1, 0.15) is 11.7 Å². The fourth-order valence-corrected chi connectivity index (χ4v) is 1.47. The highest BCUT2D eigenvalue weighted by molar-refractivity contribution is 5.95. The van der Waals surface area contributed by atoms with Crippen LogP contribution in [0.2, 0.25) is 0 Å². The minimum absolute atomic E-state index is 0.223. The van der Waals surface area contributed by atoms with Gasteiger partial charge in [-0.2, -0.15) is 5.10 Å². The molecule has 6 nitrogen and oxygen atoms in total. The van der Waals surface area contributed by atoms with Crippen molar-refractivity contribution < 1.29 is 14.7 Å². The normalized spacial score (nSPS) is 12.5. The van der Waals surface area contributed by atoms with E-state index < -0.39 is 17.9 Å².